The lowest BCUT2D eigenvalue weighted by molar-refractivity contribution is -0.218. The fourth-order valence-electron chi connectivity index (χ4n) is 3.60. The smallest absolute Gasteiger partial charge is 0.346 e. The molecule has 0 aromatic heterocycles. The monoisotopic (exact) mass is 480 g/mol. The molecule has 0 fully saturated rings. The summed E-state index contributed by atoms with van der Waals surface area (Å²) in [7, 11) is 2.28. The van der Waals surface area contributed by atoms with Gasteiger partial charge >= 0.3 is 11.9 Å². The van der Waals surface area contributed by atoms with Crippen molar-refractivity contribution in [1.29, 1.82) is 0 Å². The summed E-state index contributed by atoms with van der Waals surface area (Å²) in [6.07, 6.45) is 2.66. The molecule has 7 heteroatoms. The van der Waals surface area contributed by atoms with Gasteiger partial charge in [-0.1, -0.05) is 90.5 Å². The molecule has 0 aliphatic heterocycles. The van der Waals surface area contributed by atoms with Crippen molar-refractivity contribution in [3.63, 3.8) is 0 Å². The molecule has 0 heterocycles. The molecule has 0 spiro atoms. The van der Waals surface area contributed by atoms with E-state index in [9.17, 15) is 14.7 Å². The van der Waals surface area contributed by atoms with Crippen LogP contribution in [0.3, 0.4) is 0 Å². The number of methoxy groups -OCH3 is 2. The van der Waals surface area contributed by atoms with Gasteiger partial charge in [0, 0.05) is 5.02 Å². The standard InChI is InChI=1S/C27H25ClO6/c1-32-24(29)26(31,18-17-20-13-15-23(28)16-14-20)27(25(30)33-2,22-11-7-4-8-12-22)34-19-21-9-5-3-6-10-21/h3-18,31H,19H2,1-2H3/b18-17+/t26-,27+/m0/s1. The van der Waals surface area contributed by atoms with Gasteiger partial charge < -0.3 is 19.3 Å². The zero-order valence-corrected chi connectivity index (χ0v) is 19.6. The number of aliphatic hydroxyl groups is 1. The van der Waals surface area contributed by atoms with E-state index in [1.807, 2.05) is 18.2 Å². The molecule has 3 rings (SSSR count). The lowest BCUT2D eigenvalue weighted by Gasteiger charge is -2.41. The maximum atomic E-state index is 13.4. The first-order chi connectivity index (χ1) is 16.4. The summed E-state index contributed by atoms with van der Waals surface area (Å²) in [6.45, 7) is -0.0983. The molecule has 0 saturated heterocycles. The summed E-state index contributed by atoms with van der Waals surface area (Å²) in [6, 6.07) is 24.0. The van der Waals surface area contributed by atoms with Gasteiger partial charge in [-0.3, -0.25) is 0 Å². The summed E-state index contributed by atoms with van der Waals surface area (Å²) < 4.78 is 16.2. The van der Waals surface area contributed by atoms with Crippen molar-refractivity contribution in [2.45, 2.75) is 17.8 Å². The van der Waals surface area contributed by atoms with E-state index in [2.05, 4.69) is 0 Å². The highest BCUT2D eigenvalue weighted by molar-refractivity contribution is 6.30. The third-order valence-corrected chi connectivity index (χ3v) is 5.62. The predicted octanol–water partition coefficient (Wildman–Crippen LogP) is 4.54. The minimum atomic E-state index is -2.59. The molecular formula is C27H25ClO6. The SMILES string of the molecule is COC(=O)[C@@](O)(/C=C/c1ccc(Cl)cc1)[C@](OCc1ccccc1)(C(=O)OC)c1ccccc1. The average Bonchev–Trinajstić information content (AvgIpc) is 2.89. The zero-order valence-electron chi connectivity index (χ0n) is 18.8. The van der Waals surface area contributed by atoms with Crippen LogP contribution in [0.25, 0.3) is 6.08 Å². The molecule has 34 heavy (non-hydrogen) atoms. The number of halogens is 1. The highest BCUT2D eigenvalue weighted by Gasteiger charge is 2.63. The lowest BCUT2D eigenvalue weighted by Crippen LogP contribution is -2.62. The van der Waals surface area contributed by atoms with E-state index in [-0.39, 0.29) is 12.2 Å². The van der Waals surface area contributed by atoms with Gasteiger partial charge in [-0.2, -0.15) is 0 Å². The van der Waals surface area contributed by atoms with Gasteiger partial charge in [-0.05, 0) is 34.9 Å². The molecule has 6 nitrogen and oxygen atoms in total. The van der Waals surface area contributed by atoms with Crippen LogP contribution < -0.4 is 0 Å². The molecule has 0 bridgehead atoms. The van der Waals surface area contributed by atoms with Crippen molar-refractivity contribution in [1.82, 2.24) is 0 Å². The van der Waals surface area contributed by atoms with Crippen molar-refractivity contribution in [3.05, 3.63) is 113 Å². The molecule has 0 radical (unpaired) electrons. The first-order valence-electron chi connectivity index (χ1n) is 10.4. The highest BCUT2D eigenvalue weighted by Crippen LogP contribution is 2.41. The van der Waals surface area contributed by atoms with Gasteiger partial charge in [-0.15, -0.1) is 0 Å². The maximum absolute atomic E-state index is 13.4. The first-order valence-corrected chi connectivity index (χ1v) is 10.8. The van der Waals surface area contributed by atoms with Crippen LogP contribution in [-0.4, -0.2) is 36.9 Å². The largest absolute Gasteiger partial charge is 0.467 e. The number of benzene rings is 3. The number of rotatable bonds is 9. The van der Waals surface area contributed by atoms with E-state index in [1.165, 1.54) is 12.2 Å². The Balaban J connectivity index is 2.22. The molecule has 0 aliphatic carbocycles. The normalized spacial score (nSPS) is 14.7. The fourth-order valence-corrected chi connectivity index (χ4v) is 3.73. The Morgan fingerprint density at radius 3 is 1.97 bits per heavy atom. The number of carbonyl (C=O) groups is 2. The molecule has 176 valence electrons. The molecular weight excluding hydrogens is 456 g/mol. The van der Waals surface area contributed by atoms with E-state index >= 15 is 0 Å². The zero-order chi connectivity index (χ0) is 24.6. The molecule has 0 unspecified atom stereocenters. The Hall–Kier alpha value is -3.45. The number of ether oxygens (including phenoxy) is 3. The van der Waals surface area contributed by atoms with Crippen LogP contribution in [0.1, 0.15) is 16.7 Å². The minimum absolute atomic E-state index is 0.0983. The van der Waals surface area contributed by atoms with Gasteiger partial charge in [0.2, 0.25) is 11.2 Å². The van der Waals surface area contributed by atoms with Gasteiger partial charge in [0.05, 0.1) is 20.8 Å². The van der Waals surface area contributed by atoms with Crippen LogP contribution in [0.2, 0.25) is 5.02 Å². The molecule has 3 aromatic rings. The fraction of sp³-hybridized carbons (Fsp3) is 0.185. The lowest BCUT2D eigenvalue weighted by atomic mass is 9.76. The van der Waals surface area contributed by atoms with Crippen LogP contribution >= 0.6 is 11.6 Å². The Bertz CT molecular complexity index is 1130. The van der Waals surface area contributed by atoms with Crippen LogP contribution in [0.5, 0.6) is 0 Å². The Morgan fingerprint density at radius 2 is 1.41 bits per heavy atom. The average molecular weight is 481 g/mol. The second-order valence-electron chi connectivity index (χ2n) is 7.46. The molecule has 0 amide bonds. The van der Waals surface area contributed by atoms with Crippen molar-refractivity contribution in [3.8, 4) is 0 Å². The van der Waals surface area contributed by atoms with Crippen molar-refractivity contribution >= 4 is 29.6 Å². The van der Waals surface area contributed by atoms with Crippen LogP contribution in [0, 0.1) is 0 Å². The van der Waals surface area contributed by atoms with Crippen molar-refractivity contribution in [2.24, 2.45) is 0 Å². The van der Waals surface area contributed by atoms with E-state index < -0.39 is 23.1 Å². The van der Waals surface area contributed by atoms with E-state index in [0.717, 1.165) is 19.8 Å². The first kappa shape index (κ1) is 25.2. The molecule has 1 N–H and O–H groups in total. The van der Waals surface area contributed by atoms with Crippen molar-refractivity contribution < 1.29 is 28.9 Å². The number of carbonyl (C=O) groups excluding carboxylic acids is 2. The number of esters is 2. The third kappa shape index (κ3) is 5.04. The third-order valence-electron chi connectivity index (χ3n) is 5.37. The van der Waals surface area contributed by atoms with Crippen LogP contribution in [0.4, 0.5) is 0 Å². The number of hydrogen-bond acceptors (Lipinski definition) is 6. The van der Waals surface area contributed by atoms with Gasteiger partial charge in [0.1, 0.15) is 0 Å². The van der Waals surface area contributed by atoms with Gasteiger partial charge in [0.15, 0.2) is 0 Å². The van der Waals surface area contributed by atoms with E-state index in [1.54, 1.807) is 66.7 Å². The Morgan fingerprint density at radius 1 is 0.853 bits per heavy atom. The number of hydrogen-bond donors (Lipinski definition) is 1. The second kappa shape index (κ2) is 11.1. The summed E-state index contributed by atoms with van der Waals surface area (Å²) in [5, 5.41) is 12.5. The topological polar surface area (TPSA) is 82.1 Å². The molecule has 0 aliphatic rings. The van der Waals surface area contributed by atoms with Gasteiger partial charge in [-0.25, -0.2) is 9.59 Å². The predicted molar refractivity (Wildman–Crippen MR) is 129 cm³/mol. The molecule has 2 atom stereocenters. The summed E-state index contributed by atoms with van der Waals surface area (Å²) in [4.78, 5) is 26.5. The highest BCUT2D eigenvalue weighted by atomic mass is 35.5. The Kier molecular flexibility index (Phi) is 8.23. The van der Waals surface area contributed by atoms with E-state index in [0.29, 0.717) is 10.6 Å². The second-order valence-corrected chi connectivity index (χ2v) is 7.89. The van der Waals surface area contributed by atoms with Crippen LogP contribution in [0.15, 0.2) is 91.0 Å². The summed E-state index contributed by atoms with van der Waals surface area (Å²) in [5.41, 5.74) is -3.31. The van der Waals surface area contributed by atoms with E-state index in [4.69, 9.17) is 25.8 Å². The quantitative estimate of drug-likeness (QED) is 0.453. The summed E-state index contributed by atoms with van der Waals surface area (Å²) in [5.74, 6) is -2.07. The van der Waals surface area contributed by atoms with Crippen LogP contribution in [-0.2, 0) is 36.0 Å². The van der Waals surface area contributed by atoms with Crippen molar-refractivity contribution in [2.75, 3.05) is 14.2 Å². The van der Waals surface area contributed by atoms with Gasteiger partial charge in [0.25, 0.3) is 0 Å². The Labute approximate surface area is 203 Å². The molecule has 3 aromatic carbocycles. The minimum Gasteiger partial charge on any atom is -0.467 e. The summed E-state index contributed by atoms with van der Waals surface area (Å²) >= 11 is 5.96. The maximum Gasteiger partial charge on any atom is 0.346 e. The molecule has 0 saturated carbocycles.